The highest BCUT2D eigenvalue weighted by Gasteiger charge is 2.04. The SMILES string of the molecule is Cc1nc(Oc2cccc(CC(=O)O)c2)cc(=O)[nH]1. The fourth-order valence-corrected chi connectivity index (χ4v) is 1.62. The second kappa shape index (κ2) is 5.34. The van der Waals surface area contributed by atoms with Gasteiger partial charge in [0.05, 0.1) is 12.5 Å². The van der Waals surface area contributed by atoms with Gasteiger partial charge in [-0.25, -0.2) is 4.98 Å². The van der Waals surface area contributed by atoms with Crippen molar-refractivity contribution in [3.05, 3.63) is 52.1 Å². The summed E-state index contributed by atoms with van der Waals surface area (Å²) < 4.78 is 5.44. The van der Waals surface area contributed by atoms with Crippen LogP contribution >= 0.6 is 0 Å². The molecule has 6 heteroatoms. The zero-order valence-electron chi connectivity index (χ0n) is 10.2. The van der Waals surface area contributed by atoms with E-state index in [1.54, 1.807) is 31.2 Å². The summed E-state index contributed by atoms with van der Waals surface area (Å²) in [7, 11) is 0. The van der Waals surface area contributed by atoms with Gasteiger partial charge in [0.25, 0.3) is 5.56 Å². The summed E-state index contributed by atoms with van der Waals surface area (Å²) in [6, 6.07) is 7.89. The number of ether oxygens (including phenoxy) is 1. The Hall–Kier alpha value is -2.63. The van der Waals surface area contributed by atoms with Crippen molar-refractivity contribution in [3.8, 4) is 11.6 Å². The largest absolute Gasteiger partial charge is 0.481 e. The molecule has 0 saturated carbocycles. The Morgan fingerprint density at radius 2 is 2.21 bits per heavy atom. The average molecular weight is 260 g/mol. The van der Waals surface area contributed by atoms with Gasteiger partial charge < -0.3 is 14.8 Å². The monoisotopic (exact) mass is 260 g/mol. The lowest BCUT2D eigenvalue weighted by atomic mass is 10.1. The molecule has 98 valence electrons. The molecule has 0 amide bonds. The van der Waals surface area contributed by atoms with E-state index >= 15 is 0 Å². The molecule has 0 radical (unpaired) electrons. The van der Waals surface area contributed by atoms with E-state index in [0.29, 0.717) is 17.1 Å². The number of aryl methyl sites for hydroxylation is 1. The van der Waals surface area contributed by atoms with Crippen LogP contribution in [-0.4, -0.2) is 21.0 Å². The lowest BCUT2D eigenvalue weighted by Crippen LogP contribution is -2.08. The first-order chi connectivity index (χ1) is 9.02. The van der Waals surface area contributed by atoms with Crippen LogP contribution in [0.5, 0.6) is 11.6 Å². The molecule has 0 atom stereocenters. The van der Waals surface area contributed by atoms with E-state index in [9.17, 15) is 9.59 Å². The maximum Gasteiger partial charge on any atom is 0.307 e. The van der Waals surface area contributed by atoms with Gasteiger partial charge in [0.1, 0.15) is 11.6 Å². The van der Waals surface area contributed by atoms with Crippen LogP contribution in [0.15, 0.2) is 35.1 Å². The zero-order chi connectivity index (χ0) is 13.8. The number of aliphatic carboxylic acids is 1. The Balaban J connectivity index is 2.23. The van der Waals surface area contributed by atoms with Crippen LogP contribution in [0.25, 0.3) is 0 Å². The number of aromatic nitrogens is 2. The highest BCUT2D eigenvalue weighted by atomic mass is 16.5. The van der Waals surface area contributed by atoms with Crippen LogP contribution in [0.4, 0.5) is 0 Å². The van der Waals surface area contributed by atoms with Crippen molar-refractivity contribution in [2.45, 2.75) is 13.3 Å². The molecule has 0 unspecified atom stereocenters. The number of carboxylic acid groups (broad SMARTS) is 1. The second-order valence-corrected chi connectivity index (χ2v) is 3.99. The molecule has 19 heavy (non-hydrogen) atoms. The quantitative estimate of drug-likeness (QED) is 0.869. The van der Waals surface area contributed by atoms with Gasteiger partial charge in [-0.3, -0.25) is 9.59 Å². The van der Waals surface area contributed by atoms with Crippen LogP contribution in [0, 0.1) is 6.92 Å². The molecule has 0 bridgehead atoms. The first kappa shape index (κ1) is 12.8. The van der Waals surface area contributed by atoms with E-state index in [1.165, 1.54) is 6.07 Å². The van der Waals surface area contributed by atoms with E-state index in [-0.39, 0.29) is 17.9 Å². The Bertz CT molecular complexity index is 664. The summed E-state index contributed by atoms with van der Waals surface area (Å²) in [5.41, 5.74) is 0.316. The van der Waals surface area contributed by atoms with Gasteiger partial charge in [-0.15, -0.1) is 0 Å². The Morgan fingerprint density at radius 1 is 1.42 bits per heavy atom. The molecule has 0 aliphatic rings. The molecule has 0 fully saturated rings. The number of nitrogens with one attached hydrogen (secondary N) is 1. The molecule has 2 N–H and O–H groups in total. The molecule has 0 aliphatic carbocycles. The lowest BCUT2D eigenvalue weighted by molar-refractivity contribution is -0.136. The average Bonchev–Trinajstić information content (AvgIpc) is 2.26. The van der Waals surface area contributed by atoms with Crippen LogP contribution in [-0.2, 0) is 11.2 Å². The number of aromatic amines is 1. The fourth-order valence-electron chi connectivity index (χ4n) is 1.62. The summed E-state index contributed by atoms with van der Waals surface area (Å²) in [5, 5.41) is 8.72. The molecule has 2 rings (SSSR count). The minimum Gasteiger partial charge on any atom is -0.481 e. The number of hydrogen-bond acceptors (Lipinski definition) is 4. The third-order valence-electron chi connectivity index (χ3n) is 2.31. The van der Waals surface area contributed by atoms with Crippen LogP contribution < -0.4 is 10.3 Å². The van der Waals surface area contributed by atoms with Crippen molar-refractivity contribution in [2.24, 2.45) is 0 Å². The van der Waals surface area contributed by atoms with Crippen molar-refractivity contribution in [3.63, 3.8) is 0 Å². The molecule has 0 aliphatic heterocycles. The smallest absolute Gasteiger partial charge is 0.307 e. The number of rotatable bonds is 4. The standard InChI is InChI=1S/C13H12N2O4/c1-8-14-11(16)7-12(15-8)19-10-4-2-3-9(5-10)6-13(17)18/h2-5,7H,6H2,1H3,(H,17,18)(H,14,15,16). The number of benzene rings is 1. The van der Waals surface area contributed by atoms with E-state index in [4.69, 9.17) is 9.84 Å². The summed E-state index contributed by atoms with van der Waals surface area (Å²) in [5.74, 6) is 0.149. The number of hydrogen-bond donors (Lipinski definition) is 2. The fraction of sp³-hybridized carbons (Fsp3) is 0.154. The van der Waals surface area contributed by atoms with Crippen molar-refractivity contribution >= 4 is 5.97 Å². The van der Waals surface area contributed by atoms with Crippen LogP contribution in [0.1, 0.15) is 11.4 Å². The van der Waals surface area contributed by atoms with Gasteiger partial charge in [-0.05, 0) is 24.6 Å². The van der Waals surface area contributed by atoms with E-state index < -0.39 is 5.97 Å². The highest BCUT2D eigenvalue weighted by molar-refractivity contribution is 5.70. The molecule has 1 aromatic carbocycles. The topological polar surface area (TPSA) is 92.3 Å². The van der Waals surface area contributed by atoms with E-state index in [0.717, 1.165) is 0 Å². The molecular formula is C13H12N2O4. The second-order valence-electron chi connectivity index (χ2n) is 3.99. The van der Waals surface area contributed by atoms with E-state index in [2.05, 4.69) is 9.97 Å². The number of carboxylic acids is 1. The van der Waals surface area contributed by atoms with Crippen LogP contribution in [0.3, 0.4) is 0 Å². The Kier molecular flexibility index (Phi) is 3.61. The minimum atomic E-state index is -0.915. The van der Waals surface area contributed by atoms with Gasteiger partial charge in [0.15, 0.2) is 0 Å². The van der Waals surface area contributed by atoms with Crippen molar-refractivity contribution < 1.29 is 14.6 Å². The van der Waals surface area contributed by atoms with Gasteiger partial charge >= 0.3 is 5.97 Å². The molecule has 1 heterocycles. The Morgan fingerprint density at radius 3 is 2.89 bits per heavy atom. The maximum absolute atomic E-state index is 11.3. The third-order valence-corrected chi connectivity index (χ3v) is 2.31. The van der Waals surface area contributed by atoms with Crippen LogP contribution in [0.2, 0.25) is 0 Å². The molecule has 6 nitrogen and oxygen atoms in total. The summed E-state index contributed by atoms with van der Waals surface area (Å²) in [4.78, 5) is 28.4. The Labute approximate surface area is 108 Å². The first-order valence-corrected chi connectivity index (χ1v) is 5.59. The summed E-state index contributed by atoms with van der Waals surface area (Å²) in [6.07, 6.45) is -0.0843. The molecule has 1 aromatic heterocycles. The molecule has 0 saturated heterocycles. The molecule has 2 aromatic rings. The van der Waals surface area contributed by atoms with Gasteiger partial charge in [0.2, 0.25) is 5.88 Å². The molecule has 0 spiro atoms. The number of carbonyl (C=O) groups is 1. The summed E-state index contributed by atoms with van der Waals surface area (Å²) >= 11 is 0. The van der Waals surface area contributed by atoms with Gasteiger partial charge in [-0.2, -0.15) is 0 Å². The van der Waals surface area contributed by atoms with Gasteiger partial charge in [-0.1, -0.05) is 12.1 Å². The first-order valence-electron chi connectivity index (χ1n) is 5.59. The number of H-pyrrole nitrogens is 1. The zero-order valence-corrected chi connectivity index (χ0v) is 10.2. The van der Waals surface area contributed by atoms with Crippen molar-refractivity contribution in [1.29, 1.82) is 0 Å². The predicted molar refractivity (Wildman–Crippen MR) is 67.5 cm³/mol. The summed E-state index contributed by atoms with van der Waals surface area (Å²) in [6.45, 7) is 1.65. The van der Waals surface area contributed by atoms with E-state index in [1.807, 2.05) is 0 Å². The predicted octanol–water partition coefficient (Wildman–Crippen LogP) is 1.50. The lowest BCUT2D eigenvalue weighted by Gasteiger charge is -2.06. The van der Waals surface area contributed by atoms with Crippen molar-refractivity contribution in [2.75, 3.05) is 0 Å². The highest BCUT2D eigenvalue weighted by Crippen LogP contribution is 2.19. The minimum absolute atomic E-state index is 0.0843. The number of nitrogens with zero attached hydrogens (tertiary/aromatic N) is 1. The maximum atomic E-state index is 11.3. The molecular weight excluding hydrogens is 248 g/mol. The van der Waals surface area contributed by atoms with Crippen molar-refractivity contribution in [1.82, 2.24) is 9.97 Å². The van der Waals surface area contributed by atoms with Gasteiger partial charge in [0, 0.05) is 0 Å². The third kappa shape index (κ3) is 3.67. The normalized spacial score (nSPS) is 10.2.